The zero-order chi connectivity index (χ0) is 12.8. The molecule has 0 saturated carbocycles. The lowest BCUT2D eigenvalue weighted by Crippen LogP contribution is -2.26. The van der Waals surface area contributed by atoms with E-state index in [1.165, 1.54) is 0 Å². The quantitative estimate of drug-likeness (QED) is 0.554. The highest BCUT2D eigenvalue weighted by Crippen LogP contribution is 2.19. The number of benzene rings is 1. The third-order valence-electron chi connectivity index (χ3n) is 2.01. The molecule has 0 radical (unpaired) electrons. The summed E-state index contributed by atoms with van der Waals surface area (Å²) in [7, 11) is 0. The molecule has 1 rings (SSSR count). The van der Waals surface area contributed by atoms with E-state index in [0.717, 1.165) is 11.3 Å². The van der Waals surface area contributed by atoms with Crippen LogP contribution in [0.4, 0.5) is 5.69 Å². The van der Waals surface area contributed by atoms with Gasteiger partial charge in [0.2, 0.25) is 11.9 Å². The van der Waals surface area contributed by atoms with Crippen molar-refractivity contribution < 1.29 is 0 Å². The molecule has 92 valence electrons. The van der Waals surface area contributed by atoms with Crippen LogP contribution >= 0.6 is 11.6 Å². The SMILES string of the molecule is CCN=C(N)/N=C(\N)Nc1ccc(Cl)cc1C. The van der Waals surface area contributed by atoms with Gasteiger partial charge in [-0.15, -0.1) is 0 Å². The van der Waals surface area contributed by atoms with E-state index >= 15 is 0 Å². The van der Waals surface area contributed by atoms with E-state index in [2.05, 4.69) is 15.3 Å². The summed E-state index contributed by atoms with van der Waals surface area (Å²) >= 11 is 5.85. The zero-order valence-corrected chi connectivity index (χ0v) is 10.6. The van der Waals surface area contributed by atoms with Crippen molar-refractivity contribution in [3.8, 4) is 0 Å². The highest BCUT2D eigenvalue weighted by atomic mass is 35.5. The number of nitrogens with zero attached hydrogens (tertiary/aromatic N) is 2. The Hall–Kier alpha value is -1.75. The smallest absolute Gasteiger partial charge is 0.218 e. The summed E-state index contributed by atoms with van der Waals surface area (Å²) in [4.78, 5) is 7.81. The summed E-state index contributed by atoms with van der Waals surface area (Å²) in [5.41, 5.74) is 13.0. The van der Waals surface area contributed by atoms with Crippen LogP contribution in [0.15, 0.2) is 28.2 Å². The Balaban J connectivity index is 2.81. The molecular weight excluding hydrogens is 238 g/mol. The second kappa shape index (κ2) is 6.10. The number of guanidine groups is 2. The molecule has 5 N–H and O–H groups in total. The van der Waals surface area contributed by atoms with E-state index < -0.39 is 0 Å². The van der Waals surface area contributed by atoms with Crippen molar-refractivity contribution in [2.45, 2.75) is 13.8 Å². The lowest BCUT2D eigenvalue weighted by molar-refractivity contribution is 1.11. The van der Waals surface area contributed by atoms with Crippen molar-refractivity contribution in [2.24, 2.45) is 21.5 Å². The van der Waals surface area contributed by atoms with Crippen molar-refractivity contribution in [3.63, 3.8) is 0 Å². The maximum absolute atomic E-state index is 5.85. The van der Waals surface area contributed by atoms with Gasteiger partial charge in [-0.3, -0.25) is 4.99 Å². The first-order valence-electron chi connectivity index (χ1n) is 5.20. The average molecular weight is 254 g/mol. The first-order valence-corrected chi connectivity index (χ1v) is 5.58. The maximum atomic E-state index is 5.85. The Kier molecular flexibility index (Phi) is 4.78. The summed E-state index contributed by atoms with van der Waals surface area (Å²) in [5, 5.41) is 3.61. The Morgan fingerprint density at radius 1 is 1.41 bits per heavy atom. The van der Waals surface area contributed by atoms with Gasteiger partial charge in [0.1, 0.15) is 0 Å². The average Bonchev–Trinajstić information content (AvgIpc) is 2.22. The largest absolute Gasteiger partial charge is 0.369 e. The lowest BCUT2D eigenvalue weighted by atomic mass is 10.2. The molecule has 5 nitrogen and oxygen atoms in total. The Morgan fingerprint density at radius 2 is 2.12 bits per heavy atom. The van der Waals surface area contributed by atoms with Crippen LogP contribution in [-0.4, -0.2) is 18.5 Å². The second-order valence-electron chi connectivity index (χ2n) is 3.41. The predicted molar refractivity (Wildman–Crippen MR) is 73.6 cm³/mol. The van der Waals surface area contributed by atoms with Crippen molar-refractivity contribution in [1.82, 2.24) is 0 Å². The molecule has 17 heavy (non-hydrogen) atoms. The van der Waals surface area contributed by atoms with Crippen LogP contribution in [0.25, 0.3) is 0 Å². The second-order valence-corrected chi connectivity index (χ2v) is 3.85. The van der Waals surface area contributed by atoms with Gasteiger partial charge in [-0.1, -0.05) is 11.6 Å². The van der Waals surface area contributed by atoms with Gasteiger partial charge in [-0.25, -0.2) is 0 Å². The molecule has 0 fully saturated rings. The highest BCUT2D eigenvalue weighted by molar-refractivity contribution is 6.30. The minimum absolute atomic E-state index is 0.157. The van der Waals surface area contributed by atoms with E-state index in [4.69, 9.17) is 23.1 Å². The van der Waals surface area contributed by atoms with Crippen LogP contribution < -0.4 is 16.8 Å². The third-order valence-corrected chi connectivity index (χ3v) is 2.24. The lowest BCUT2D eigenvalue weighted by Gasteiger charge is -2.08. The molecule has 0 bridgehead atoms. The molecule has 0 heterocycles. The molecule has 0 aliphatic heterocycles. The fourth-order valence-electron chi connectivity index (χ4n) is 1.25. The van der Waals surface area contributed by atoms with Crippen molar-refractivity contribution in [3.05, 3.63) is 28.8 Å². The van der Waals surface area contributed by atoms with Crippen LogP contribution in [0.3, 0.4) is 0 Å². The van der Waals surface area contributed by atoms with E-state index in [9.17, 15) is 0 Å². The number of hydrogen-bond acceptors (Lipinski definition) is 1. The number of rotatable bonds is 2. The Labute approximate surface area is 106 Å². The third kappa shape index (κ3) is 4.32. The topological polar surface area (TPSA) is 88.8 Å². The number of aryl methyl sites for hydroxylation is 1. The molecule has 6 heteroatoms. The fourth-order valence-corrected chi connectivity index (χ4v) is 1.48. The fraction of sp³-hybridized carbons (Fsp3) is 0.273. The van der Waals surface area contributed by atoms with Crippen LogP contribution in [-0.2, 0) is 0 Å². The predicted octanol–water partition coefficient (Wildman–Crippen LogP) is 1.71. The van der Waals surface area contributed by atoms with Crippen LogP contribution in [0.1, 0.15) is 12.5 Å². The molecule has 0 aliphatic rings. The van der Waals surface area contributed by atoms with Gasteiger partial charge in [0.15, 0.2) is 0 Å². The molecule has 0 spiro atoms. The molecule has 1 aromatic rings. The van der Waals surface area contributed by atoms with Crippen LogP contribution in [0, 0.1) is 6.92 Å². The number of nitrogens with two attached hydrogens (primary N) is 2. The molecular formula is C11H16ClN5. The zero-order valence-electron chi connectivity index (χ0n) is 9.87. The number of anilines is 1. The van der Waals surface area contributed by atoms with Crippen LogP contribution in [0.2, 0.25) is 5.02 Å². The van der Waals surface area contributed by atoms with Gasteiger partial charge in [0, 0.05) is 17.3 Å². The van der Waals surface area contributed by atoms with E-state index in [1.54, 1.807) is 6.07 Å². The van der Waals surface area contributed by atoms with Crippen molar-refractivity contribution in [1.29, 1.82) is 0 Å². The van der Waals surface area contributed by atoms with Crippen molar-refractivity contribution >= 4 is 29.2 Å². The number of hydrogen-bond donors (Lipinski definition) is 3. The molecule has 0 atom stereocenters. The Morgan fingerprint density at radius 3 is 2.71 bits per heavy atom. The molecule has 0 saturated heterocycles. The van der Waals surface area contributed by atoms with Gasteiger partial charge in [-0.2, -0.15) is 4.99 Å². The van der Waals surface area contributed by atoms with E-state index in [-0.39, 0.29) is 11.9 Å². The summed E-state index contributed by atoms with van der Waals surface area (Å²) in [6.45, 7) is 4.36. The van der Waals surface area contributed by atoms with Crippen molar-refractivity contribution in [2.75, 3.05) is 11.9 Å². The summed E-state index contributed by atoms with van der Waals surface area (Å²) in [6, 6.07) is 5.43. The maximum Gasteiger partial charge on any atom is 0.218 e. The monoisotopic (exact) mass is 253 g/mol. The van der Waals surface area contributed by atoms with Gasteiger partial charge >= 0.3 is 0 Å². The number of halogens is 1. The number of aliphatic imine (C=N–C) groups is 2. The highest BCUT2D eigenvalue weighted by Gasteiger charge is 2.00. The Bertz CT molecular complexity index is 453. The molecule has 1 aromatic carbocycles. The standard InChI is InChI=1S/C11H16ClN5/c1-3-15-10(13)17-11(14)16-9-5-4-8(12)6-7(9)2/h4-6H,3H2,1-2H3,(H5,13,14,15,16,17). The normalized spacial score (nSPS) is 12.6. The minimum atomic E-state index is 0.157. The first-order chi connectivity index (χ1) is 8.02. The molecule has 0 unspecified atom stereocenters. The summed E-state index contributed by atoms with van der Waals surface area (Å²) in [6.07, 6.45) is 0. The minimum Gasteiger partial charge on any atom is -0.369 e. The molecule has 0 aromatic heterocycles. The summed E-state index contributed by atoms with van der Waals surface area (Å²) < 4.78 is 0. The van der Waals surface area contributed by atoms with Gasteiger partial charge < -0.3 is 16.8 Å². The van der Waals surface area contributed by atoms with Gasteiger partial charge in [-0.05, 0) is 37.6 Å². The molecule has 0 aliphatic carbocycles. The van der Waals surface area contributed by atoms with Crippen LogP contribution in [0.5, 0.6) is 0 Å². The molecule has 0 amide bonds. The first kappa shape index (κ1) is 13.3. The van der Waals surface area contributed by atoms with E-state index in [0.29, 0.717) is 11.6 Å². The van der Waals surface area contributed by atoms with Gasteiger partial charge in [0.25, 0.3) is 0 Å². The number of nitrogens with one attached hydrogen (secondary N) is 1. The summed E-state index contributed by atoms with van der Waals surface area (Å²) in [5.74, 6) is 0.356. The van der Waals surface area contributed by atoms with Gasteiger partial charge in [0.05, 0.1) is 0 Å². The van der Waals surface area contributed by atoms with E-state index in [1.807, 2.05) is 26.0 Å².